The van der Waals surface area contributed by atoms with Crippen LogP contribution in [0.5, 0.6) is 0 Å². The molecule has 0 aliphatic heterocycles. The number of carbonyl (C=O) groups excluding carboxylic acids is 1. The lowest BCUT2D eigenvalue weighted by molar-refractivity contribution is 0.0505. The number of nitrogens with two attached hydrogens (primary N) is 1. The van der Waals surface area contributed by atoms with Crippen LogP contribution in [0.4, 0.5) is 4.79 Å². The number of aromatic nitrogens is 1. The van der Waals surface area contributed by atoms with E-state index in [4.69, 9.17) is 15.0 Å². The number of rotatable bonds is 3. The molecule has 0 aliphatic carbocycles. The Morgan fingerprint density at radius 3 is 2.71 bits per heavy atom. The summed E-state index contributed by atoms with van der Waals surface area (Å²) >= 11 is 0. The van der Waals surface area contributed by atoms with Crippen molar-refractivity contribution in [2.75, 3.05) is 6.54 Å². The van der Waals surface area contributed by atoms with Gasteiger partial charge < -0.3 is 20.3 Å². The summed E-state index contributed by atoms with van der Waals surface area (Å²) in [5.41, 5.74) is 5.83. The van der Waals surface area contributed by atoms with E-state index in [2.05, 4.69) is 10.5 Å². The monoisotopic (exact) mass is 241 g/mol. The molecule has 0 bridgehead atoms. The number of carbonyl (C=O) groups is 1. The molecule has 0 saturated heterocycles. The van der Waals surface area contributed by atoms with Crippen LogP contribution in [-0.4, -0.2) is 23.4 Å². The van der Waals surface area contributed by atoms with Crippen LogP contribution in [0.15, 0.2) is 10.7 Å². The fourth-order valence-electron chi connectivity index (χ4n) is 1.35. The van der Waals surface area contributed by atoms with E-state index in [0.29, 0.717) is 5.76 Å². The second-order valence-electron chi connectivity index (χ2n) is 4.77. The average Bonchev–Trinajstić information content (AvgIpc) is 2.58. The first-order valence-corrected chi connectivity index (χ1v) is 5.44. The third-order valence-electron chi connectivity index (χ3n) is 2.09. The van der Waals surface area contributed by atoms with Crippen LogP contribution in [0.25, 0.3) is 0 Å². The number of nitrogens with one attached hydrogen (secondary N) is 1. The van der Waals surface area contributed by atoms with E-state index >= 15 is 0 Å². The predicted molar refractivity (Wildman–Crippen MR) is 62.4 cm³/mol. The first-order valence-electron chi connectivity index (χ1n) is 5.44. The molecule has 6 heteroatoms. The van der Waals surface area contributed by atoms with Crippen molar-refractivity contribution in [3.05, 3.63) is 17.5 Å². The van der Waals surface area contributed by atoms with E-state index in [1.54, 1.807) is 33.9 Å². The van der Waals surface area contributed by atoms with Crippen LogP contribution in [0, 0.1) is 6.92 Å². The van der Waals surface area contributed by atoms with Gasteiger partial charge in [0.1, 0.15) is 11.4 Å². The molecule has 0 aliphatic rings. The van der Waals surface area contributed by atoms with Crippen molar-refractivity contribution in [3.63, 3.8) is 0 Å². The standard InChI is InChI=1S/C11H19N3O3/c1-7-8(6-13-17-7)9(5-12)14-10(15)16-11(2,3)4/h6,9H,5,12H2,1-4H3,(H,14,15). The summed E-state index contributed by atoms with van der Waals surface area (Å²) in [5, 5.41) is 6.33. The third kappa shape index (κ3) is 4.07. The fourth-order valence-corrected chi connectivity index (χ4v) is 1.35. The molecule has 17 heavy (non-hydrogen) atoms. The van der Waals surface area contributed by atoms with E-state index in [1.807, 2.05) is 0 Å². The maximum absolute atomic E-state index is 11.6. The van der Waals surface area contributed by atoms with Crippen LogP contribution >= 0.6 is 0 Å². The summed E-state index contributed by atoms with van der Waals surface area (Å²) in [6.07, 6.45) is 1.04. The SMILES string of the molecule is Cc1oncc1C(CN)NC(=O)OC(C)(C)C. The van der Waals surface area contributed by atoms with E-state index in [1.165, 1.54) is 0 Å². The predicted octanol–water partition coefficient (Wildman–Crippen LogP) is 1.51. The summed E-state index contributed by atoms with van der Waals surface area (Å²) in [4.78, 5) is 11.6. The van der Waals surface area contributed by atoms with Gasteiger partial charge in [0.2, 0.25) is 0 Å². The largest absolute Gasteiger partial charge is 0.444 e. The highest BCUT2D eigenvalue weighted by molar-refractivity contribution is 5.68. The van der Waals surface area contributed by atoms with E-state index in [-0.39, 0.29) is 12.6 Å². The highest BCUT2D eigenvalue weighted by Gasteiger charge is 2.22. The van der Waals surface area contributed by atoms with Crippen molar-refractivity contribution in [3.8, 4) is 0 Å². The minimum absolute atomic E-state index is 0.251. The molecule has 1 amide bonds. The number of hydrogen-bond donors (Lipinski definition) is 2. The number of hydrogen-bond acceptors (Lipinski definition) is 5. The van der Waals surface area contributed by atoms with Crippen LogP contribution in [0.1, 0.15) is 38.1 Å². The van der Waals surface area contributed by atoms with Crippen molar-refractivity contribution in [1.29, 1.82) is 0 Å². The highest BCUT2D eigenvalue weighted by Crippen LogP contribution is 2.16. The van der Waals surface area contributed by atoms with Gasteiger partial charge >= 0.3 is 6.09 Å². The van der Waals surface area contributed by atoms with E-state index in [9.17, 15) is 4.79 Å². The first kappa shape index (κ1) is 13.5. The van der Waals surface area contributed by atoms with Crippen LogP contribution in [-0.2, 0) is 4.74 Å². The minimum Gasteiger partial charge on any atom is -0.444 e. The molecule has 1 unspecified atom stereocenters. The Morgan fingerprint density at radius 1 is 1.65 bits per heavy atom. The lowest BCUT2D eigenvalue weighted by Gasteiger charge is -2.22. The average molecular weight is 241 g/mol. The topological polar surface area (TPSA) is 90.4 Å². The molecular formula is C11H19N3O3. The number of alkyl carbamates (subject to hydrolysis) is 1. The highest BCUT2D eigenvalue weighted by atomic mass is 16.6. The number of nitrogens with zero attached hydrogens (tertiary/aromatic N) is 1. The van der Waals surface area contributed by atoms with Crippen molar-refractivity contribution >= 4 is 6.09 Å². The van der Waals surface area contributed by atoms with Gasteiger partial charge in [0, 0.05) is 12.1 Å². The van der Waals surface area contributed by atoms with Gasteiger partial charge in [-0.1, -0.05) is 5.16 Å². The molecule has 1 atom stereocenters. The molecule has 1 heterocycles. The Bertz CT molecular complexity index is 382. The van der Waals surface area contributed by atoms with Gasteiger partial charge in [0.15, 0.2) is 0 Å². The molecule has 1 aromatic rings. The minimum atomic E-state index is -0.535. The normalized spacial score (nSPS) is 13.2. The smallest absolute Gasteiger partial charge is 0.408 e. The van der Waals surface area contributed by atoms with Crippen molar-refractivity contribution < 1.29 is 14.1 Å². The van der Waals surface area contributed by atoms with Gasteiger partial charge in [0.25, 0.3) is 0 Å². The van der Waals surface area contributed by atoms with Gasteiger partial charge in [0.05, 0.1) is 12.2 Å². The zero-order chi connectivity index (χ0) is 13.1. The van der Waals surface area contributed by atoms with Crippen molar-refractivity contribution in [2.45, 2.75) is 39.3 Å². The zero-order valence-corrected chi connectivity index (χ0v) is 10.6. The molecule has 1 rings (SSSR count). The van der Waals surface area contributed by atoms with E-state index < -0.39 is 11.7 Å². The summed E-state index contributed by atoms with van der Waals surface area (Å²) in [6, 6.07) is -0.351. The third-order valence-corrected chi connectivity index (χ3v) is 2.09. The molecule has 0 spiro atoms. The molecule has 1 aromatic heterocycles. The Kier molecular flexibility index (Phi) is 4.11. The van der Waals surface area contributed by atoms with Crippen molar-refractivity contribution in [1.82, 2.24) is 10.5 Å². The fraction of sp³-hybridized carbons (Fsp3) is 0.636. The lowest BCUT2D eigenvalue weighted by Crippen LogP contribution is -2.37. The van der Waals surface area contributed by atoms with Gasteiger partial charge in [-0.25, -0.2) is 4.79 Å². The number of aryl methyl sites for hydroxylation is 1. The first-order chi connectivity index (χ1) is 7.83. The molecule has 96 valence electrons. The maximum Gasteiger partial charge on any atom is 0.408 e. The quantitative estimate of drug-likeness (QED) is 0.837. The van der Waals surface area contributed by atoms with E-state index in [0.717, 1.165) is 5.56 Å². The summed E-state index contributed by atoms with van der Waals surface area (Å²) < 4.78 is 10.1. The molecule has 0 radical (unpaired) electrons. The Labute approximate surface area is 100 Å². The molecule has 0 fully saturated rings. The second-order valence-corrected chi connectivity index (χ2v) is 4.77. The van der Waals surface area contributed by atoms with Gasteiger partial charge in [-0.3, -0.25) is 0 Å². The summed E-state index contributed by atoms with van der Waals surface area (Å²) in [6.45, 7) is 7.42. The van der Waals surface area contributed by atoms with Crippen LogP contribution < -0.4 is 11.1 Å². The molecule has 6 nitrogen and oxygen atoms in total. The Hall–Kier alpha value is -1.56. The van der Waals surface area contributed by atoms with Crippen LogP contribution in [0.2, 0.25) is 0 Å². The van der Waals surface area contributed by atoms with Gasteiger partial charge in [-0.2, -0.15) is 0 Å². The maximum atomic E-state index is 11.6. The molecular weight excluding hydrogens is 222 g/mol. The molecule has 0 aromatic carbocycles. The van der Waals surface area contributed by atoms with Gasteiger partial charge in [-0.05, 0) is 27.7 Å². The zero-order valence-electron chi connectivity index (χ0n) is 10.6. The van der Waals surface area contributed by atoms with Crippen molar-refractivity contribution in [2.24, 2.45) is 5.73 Å². The molecule has 0 saturated carbocycles. The lowest BCUT2D eigenvalue weighted by atomic mass is 10.1. The number of amides is 1. The Balaban J connectivity index is 2.66. The Morgan fingerprint density at radius 2 is 2.29 bits per heavy atom. The second kappa shape index (κ2) is 5.18. The van der Waals surface area contributed by atoms with Crippen LogP contribution in [0.3, 0.4) is 0 Å². The van der Waals surface area contributed by atoms with Gasteiger partial charge in [-0.15, -0.1) is 0 Å². The number of ether oxygens (including phenoxy) is 1. The molecule has 3 N–H and O–H groups in total. The summed E-state index contributed by atoms with van der Waals surface area (Å²) in [7, 11) is 0. The summed E-state index contributed by atoms with van der Waals surface area (Å²) in [5.74, 6) is 0.636.